The Morgan fingerprint density at radius 1 is 0.722 bits per heavy atom. The highest BCUT2D eigenvalue weighted by atomic mass is 32.2. The minimum Gasteiger partial charge on any atom is -0.428 e. The van der Waals surface area contributed by atoms with Crippen LogP contribution in [0, 0.1) is 11.6 Å². The second-order valence-electron chi connectivity index (χ2n) is 13.4. The third-order valence-electron chi connectivity index (χ3n) is 9.39. The first-order valence-electron chi connectivity index (χ1n) is 16.7. The number of nitrogens with two attached hydrogens (primary N) is 1. The minimum absolute atomic E-state index is 0.0646. The molecule has 0 aliphatic carbocycles. The van der Waals surface area contributed by atoms with E-state index in [9.17, 15) is 26.2 Å². The van der Waals surface area contributed by atoms with Crippen LogP contribution in [0.25, 0.3) is 0 Å². The van der Waals surface area contributed by atoms with E-state index in [2.05, 4.69) is 15.0 Å². The number of hydrogen-bond acceptors (Lipinski definition) is 5. The van der Waals surface area contributed by atoms with Crippen LogP contribution in [0.3, 0.4) is 0 Å². The molecule has 14 heteroatoms. The number of halogens is 6. The van der Waals surface area contributed by atoms with Crippen LogP contribution in [-0.4, -0.2) is 41.7 Å². The smallest absolute Gasteiger partial charge is 0.428 e. The fourth-order valence-electron chi connectivity index (χ4n) is 6.91. The summed E-state index contributed by atoms with van der Waals surface area (Å²) >= 11 is 0. The zero-order valence-corrected chi connectivity index (χ0v) is 29.9. The van der Waals surface area contributed by atoms with Crippen LogP contribution in [0.2, 0.25) is 0 Å². The molecule has 0 amide bonds. The van der Waals surface area contributed by atoms with Crippen LogP contribution >= 0.6 is 0 Å². The van der Waals surface area contributed by atoms with Crippen LogP contribution < -0.4 is 9.88 Å². The molecule has 0 spiro atoms. The molecule has 6 rings (SSSR count). The zero-order valence-electron chi connectivity index (χ0n) is 29.1. The first kappa shape index (κ1) is 38.4. The van der Waals surface area contributed by atoms with Crippen LogP contribution in [-0.2, 0) is 28.4 Å². The molecule has 7 nitrogen and oxygen atoms in total. The van der Waals surface area contributed by atoms with Gasteiger partial charge in [0.15, 0.2) is 11.4 Å². The predicted molar refractivity (Wildman–Crippen MR) is 192 cm³/mol. The molecule has 2 N–H and O–H groups in total. The van der Waals surface area contributed by atoms with Gasteiger partial charge < -0.3 is 4.74 Å². The Bertz CT molecular complexity index is 2110. The number of rotatable bonds is 14. The monoisotopic (exact) mass is 763 g/mol. The molecular formula is C40H35F6N5O2S. The van der Waals surface area contributed by atoms with Crippen LogP contribution in [0.4, 0.5) is 26.3 Å². The summed E-state index contributed by atoms with van der Waals surface area (Å²) in [5.74, 6) is -2.55. The maximum Gasteiger partial charge on any atom is 0.461 e. The largest absolute Gasteiger partial charge is 0.461 e. The van der Waals surface area contributed by atoms with E-state index < -0.39 is 56.6 Å². The molecule has 5 aromatic carbocycles. The van der Waals surface area contributed by atoms with Gasteiger partial charge in [-0.3, -0.25) is 5.14 Å². The van der Waals surface area contributed by atoms with E-state index in [1.54, 1.807) is 13.8 Å². The highest BCUT2D eigenvalue weighted by molar-refractivity contribution is 7.84. The van der Waals surface area contributed by atoms with Gasteiger partial charge in [-0.2, -0.15) is 17.6 Å². The Hall–Kier alpha value is -5.34. The quantitative estimate of drug-likeness (QED) is 0.0890. The van der Waals surface area contributed by atoms with Crippen molar-refractivity contribution < 1.29 is 35.3 Å². The molecule has 0 saturated heterocycles. The summed E-state index contributed by atoms with van der Waals surface area (Å²) in [6.07, 6.45) is -9.62. The van der Waals surface area contributed by atoms with Crippen molar-refractivity contribution in [1.82, 2.24) is 20.2 Å². The second-order valence-corrected chi connectivity index (χ2v) is 15.1. The highest BCUT2D eigenvalue weighted by Crippen LogP contribution is 2.46. The summed E-state index contributed by atoms with van der Waals surface area (Å²) < 4.78 is 101. The second kappa shape index (κ2) is 15.2. The lowest BCUT2D eigenvalue weighted by atomic mass is 9.67. The number of alkyl halides is 4. The van der Waals surface area contributed by atoms with Crippen molar-refractivity contribution in [2.75, 3.05) is 0 Å². The van der Waals surface area contributed by atoms with E-state index >= 15 is 4.39 Å². The van der Waals surface area contributed by atoms with Crippen molar-refractivity contribution in [2.24, 2.45) is 5.14 Å². The van der Waals surface area contributed by atoms with Crippen molar-refractivity contribution in [3.8, 4) is 5.75 Å². The molecule has 0 aliphatic rings. The lowest BCUT2D eigenvalue weighted by Crippen LogP contribution is -2.43. The van der Waals surface area contributed by atoms with Crippen LogP contribution in [0.15, 0.2) is 133 Å². The summed E-state index contributed by atoms with van der Waals surface area (Å²) in [5.41, 5.74) is -0.226. The fourth-order valence-corrected chi connectivity index (χ4v) is 7.30. The van der Waals surface area contributed by atoms with Crippen molar-refractivity contribution in [2.45, 2.75) is 54.9 Å². The van der Waals surface area contributed by atoms with Gasteiger partial charge in [0.1, 0.15) is 17.4 Å². The maximum absolute atomic E-state index is 15.5. The zero-order chi connectivity index (χ0) is 38.7. The van der Waals surface area contributed by atoms with Crippen molar-refractivity contribution in [3.63, 3.8) is 0 Å². The van der Waals surface area contributed by atoms with Crippen molar-refractivity contribution >= 4 is 11.0 Å². The molecule has 6 aromatic rings. The van der Waals surface area contributed by atoms with E-state index in [1.165, 1.54) is 16.9 Å². The minimum atomic E-state index is -4.96. The molecule has 280 valence electrons. The first-order chi connectivity index (χ1) is 25.7. The van der Waals surface area contributed by atoms with E-state index in [1.807, 2.05) is 91.0 Å². The number of ether oxygens (including phenoxy) is 1. The Balaban J connectivity index is 1.61. The number of tetrazole rings is 1. The molecule has 2 atom stereocenters. The molecule has 0 radical (unpaired) electrons. The molecular weight excluding hydrogens is 729 g/mol. The first-order valence-corrected chi connectivity index (χ1v) is 17.9. The molecule has 0 saturated carbocycles. The van der Waals surface area contributed by atoms with E-state index in [-0.39, 0.29) is 24.2 Å². The van der Waals surface area contributed by atoms with Crippen LogP contribution in [0.1, 0.15) is 53.9 Å². The van der Waals surface area contributed by atoms with Gasteiger partial charge in [0.05, 0.1) is 15.7 Å². The Kier molecular flexibility index (Phi) is 10.8. The molecule has 0 bridgehead atoms. The van der Waals surface area contributed by atoms with Gasteiger partial charge in [-0.1, -0.05) is 103 Å². The van der Waals surface area contributed by atoms with Gasteiger partial charge >= 0.3 is 12.5 Å². The molecule has 0 aliphatic heterocycles. The number of aromatic nitrogens is 4. The molecule has 1 heterocycles. The summed E-state index contributed by atoms with van der Waals surface area (Å²) in [4.78, 5) is 1.45. The van der Waals surface area contributed by atoms with Crippen LogP contribution in [0.5, 0.6) is 5.75 Å². The van der Waals surface area contributed by atoms with Crippen molar-refractivity contribution in [1.29, 1.82) is 0 Å². The number of hydrogen-bond donors (Lipinski definition) is 1. The Morgan fingerprint density at radius 2 is 1.24 bits per heavy atom. The molecule has 1 unspecified atom stereocenters. The van der Waals surface area contributed by atoms with E-state index in [0.29, 0.717) is 11.6 Å². The maximum atomic E-state index is 15.5. The summed E-state index contributed by atoms with van der Waals surface area (Å²) in [6.45, 7) is 3.16. The number of nitrogens with zero attached hydrogens (tertiary/aromatic N) is 4. The van der Waals surface area contributed by atoms with Gasteiger partial charge in [-0.25, -0.2) is 13.0 Å². The standard InChI is InChI=1S/C40H35F6N5O2S/c1-37(2,54(47)52)26-38(27-18-20-32(41)21-19-27,31-22-33(42)24-34(23-31)53-40(45,46)36(43)44)25-35-48-50-51(49-35)39(28-12-6-3-7-13-28,29-14-8-4-9-15-29)30-16-10-5-11-17-30/h3-24,36H,25-26,47H2,1-2H3/t38-,54?/m1/s1. The predicted octanol–water partition coefficient (Wildman–Crippen LogP) is 8.35. The number of benzene rings is 5. The normalized spacial score (nSPS) is 14.1. The average Bonchev–Trinajstić information content (AvgIpc) is 3.61. The van der Waals surface area contributed by atoms with Gasteiger partial charge in [0.2, 0.25) is 0 Å². The lowest BCUT2D eigenvalue weighted by Gasteiger charge is -2.40. The highest BCUT2D eigenvalue weighted by Gasteiger charge is 2.47. The van der Waals surface area contributed by atoms with Gasteiger partial charge in [0, 0.05) is 17.9 Å². The topological polar surface area (TPSA) is 95.9 Å². The fraction of sp³-hybridized carbons (Fsp3) is 0.225. The van der Waals surface area contributed by atoms with Gasteiger partial charge in [-0.15, -0.1) is 15.0 Å². The SMILES string of the molecule is CC(C)(C[C@](Cc1nnn(C(c2ccccc2)(c2ccccc2)c2ccccc2)n1)(c1ccc(F)cc1)c1cc(F)cc(OC(F)(F)C(F)F)c1)S(N)=O. The third-order valence-corrected chi connectivity index (χ3v) is 10.6. The van der Waals surface area contributed by atoms with Crippen molar-refractivity contribution in [3.05, 3.63) is 179 Å². The molecule has 1 aromatic heterocycles. The molecule has 0 fully saturated rings. The molecule has 54 heavy (non-hydrogen) atoms. The van der Waals surface area contributed by atoms with Gasteiger partial charge in [-0.05, 0) is 77.6 Å². The summed E-state index contributed by atoms with van der Waals surface area (Å²) in [6, 6.07) is 36.1. The lowest BCUT2D eigenvalue weighted by molar-refractivity contribution is -0.253. The average molecular weight is 764 g/mol. The summed E-state index contributed by atoms with van der Waals surface area (Å²) in [5, 5.41) is 20.0. The third kappa shape index (κ3) is 7.53. The van der Waals surface area contributed by atoms with Gasteiger partial charge in [0.25, 0.3) is 0 Å². The Labute approximate surface area is 310 Å². The van der Waals surface area contributed by atoms with E-state index in [4.69, 9.17) is 10.2 Å². The van der Waals surface area contributed by atoms with E-state index in [0.717, 1.165) is 41.0 Å². The Morgan fingerprint density at radius 3 is 1.72 bits per heavy atom. The summed E-state index contributed by atoms with van der Waals surface area (Å²) in [7, 11) is -2.03.